The molecule has 0 saturated carbocycles. The minimum absolute atomic E-state index is 0.188. The number of hydrogen-bond acceptors (Lipinski definition) is 3. The van der Waals surface area contributed by atoms with Gasteiger partial charge in [-0.25, -0.2) is 0 Å². The van der Waals surface area contributed by atoms with Crippen molar-refractivity contribution in [2.45, 2.75) is 59.5 Å². The summed E-state index contributed by atoms with van der Waals surface area (Å²) in [6.07, 6.45) is 5.58. The molecule has 3 rings (SSSR count). The van der Waals surface area contributed by atoms with Crippen molar-refractivity contribution in [3.63, 3.8) is 0 Å². The van der Waals surface area contributed by atoms with Gasteiger partial charge in [-0.05, 0) is 50.2 Å². The van der Waals surface area contributed by atoms with Gasteiger partial charge in [0.15, 0.2) is 0 Å². The Labute approximate surface area is 167 Å². The molecule has 3 unspecified atom stereocenters. The zero-order valence-corrected chi connectivity index (χ0v) is 17.2. The fraction of sp³-hybridized carbons (Fsp3) is 0.522. The maximum Gasteiger partial charge on any atom is 0.243 e. The van der Waals surface area contributed by atoms with Gasteiger partial charge in [0.1, 0.15) is 6.04 Å². The highest BCUT2D eigenvalue weighted by Gasteiger charge is 2.51. The summed E-state index contributed by atoms with van der Waals surface area (Å²) < 4.78 is 0. The van der Waals surface area contributed by atoms with Gasteiger partial charge in [0.25, 0.3) is 0 Å². The van der Waals surface area contributed by atoms with Crippen LogP contribution in [0.25, 0.3) is 0 Å². The molecule has 1 aliphatic heterocycles. The fourth-order valence-electron chi connectivity index (χ4n) is 4.25. The topological polar surface area (TPSA) is 66.5 Å². The molecule has 0 bridgehead atoms. The molecule has 1 aliphatic carbocycles. The molecule has 1 aromatic rings. The van der Waals surface area contributed by atoms with E-state index >= 15 is 0 Å². The minimum Gasteiger partial charge on any atom is -0.350 e. The number of hydrogen-bond donors (Lipinski definition) is 1. The Kier molecular flexibility index (Phi) is 6.01. The lowest BCUT2D eigenvalue weighted by atomic mass is 9.85. The van der Waals surface area contributed by atoms with Crippen molar-refractivity contribution in [3.05, 3.63) is 47.0 Å². The van der Waals surface area contributed by atoms with Crippen LogP contribution in [0.5, 0.6) is 0 Å². The van der Waals surface area contributed by atoms with Gasteiger partial charge in [0.05, 0.1) is 11.8 Å². The van der Waals surface area contributed by atoms with Crippen LogP contribution in [0.4, 0.5) is 0 Å². The van der Waals surface area contributed by atoms with Crippen LogP contribution in [-0.4, -0.2) is 28.7 Å². The standard InChI is InChI=1S/C23H30N2O3/c1-14(2)11-20(21(26)24-13-17-10-9-15(3)12-16(17)4)25-22(27)18-7-5-6-8-19(18)23(25)28/h5-6,9-10,12,14,18-20H,7-8,11,13H2,1-4H3,(H,24,26). The summed E-state index contributed by atoms with van der Waals surface area (Å²) in [6.45, 7) is 8.45. The predicted octanol–water partition coefficient (Wildman–Crippen LogP) is 3.29. The average Bonchev–Trinajstić information content (AvgIpc) is 2.90. The second kappa shape index (κ2) is 8.29. The maximum absolute atomic E-state index is 13.0. The first-order valence-corrected chi connectivity index (χ1v) is 10.1. The highest BCUT2D eigenvalue weighted by atomic mass is 16.2. The van der Waals surface area contributed by atoms with E-state index < -0.39 is 6.04 Å². The lowest BCUT2D eigenvalue weighted by Crippen LogP contribution is -2.50. The molecule has 0 aromatic heterocycles. The van der Waals surface area contributed by atoms with Crippen molar-refractivity contribution in [2.24, 2.45) is 17.8 Å². The third-order valence-corrected chi connectivity index (χ3v) is 5.80. The molecule has 2 aliphatic rings. The summed E-state index contributed by atoms with van der Waals surface area (Å²) in [5.41, 5.74) is 3.33. The summed E-state index contributed by atoms with van der Waals surface area (Å²) in [6, 6.07) is 5.37. The van der Waals surface area contributed by atoms with Crippen LogP contribution in [0.15, 0.2) is 30.4 Å². The second-order valence-electron chi connectivity index (χ2n) is 8.50. The van der Waals surface area contributed by atoms with Gasteiger partial charge in [0, 0.05) is 6.54 Å². The smallest absolute Gasteiger partial charge is 0.243 e. The number of allylic oxidation sites excluding steroid dienone is 2. The summed E-state index contributed by atoms with van der Waals surface area (Å²) >= 11 is 0. The van der Waals surface area contributed by atoms with Crippen molar-refractivity contribution >= 4 is 17.7 Å². The van der Waals surface area contributed by atoms with Crippen molar-refractivity contribution in [1.29, 1.82) is 0 Å². The molecule has 1 heterocycles. The van der Waals surface area contributed by atoms with E-state index in [0.29, 0.717) is 25.8 Å². The Morgan fingerprint density at radius 2 is 1.71 bits per heavy atom. The minimum atomic E-state index is -0.739. The fourth-order valence-corrected chi connectivity index (χ4v) is 4.25. The SMILES string of the molecule is Cc1ccc(CNC(=O)C(CC(C)C)N2C(=O)C3CC=CCC3C2=O)c(C)c1. The number of rotatable bonds is 6. The number of nitrogens with one attached hydrogen (secondary N) is 1. The summed E-state index contributed by atoms with van der Waals surface area (Å²) in [7, 11) is 0. The normalized spacial score (nSPS) is 22.5. The van der Waals surface area contributed by atoms with E-state index in [2.05, 4.69) is 11.4 Å². The maximum atomic E-state index is 13.0. The number of carbonyl (C=O) groups is 3. The predicted molar refractivity (Wildman–Crippen MR) is 108 cm³/mol. The van der Waals surface area contributed by atoms with Crippen LogP contribution >= 0.6 is 0 Å². The first-order chi connectivity index (χ1) is 13.3. The molecule has 28 heavy (non-hydrogen) atoms. The van der Waals surface area contributed by atoms with Gasteiger partial charge >= 0.3 is 0 Å². The monoisotopic (exact) mass is 382 g/mol. The van der Waals surface area contributed by atoms with E-state index in [0.717, 1.165) is 11.1 Å². The zero-order chi connectivity index (χ0) is 20.4. The number of carbonyl (C=O) groups excluding carboxylic acids is 3. The van der Waals surface area contributed by atoms with Gasteiger partial charge in [0.2, 0.25) is 17.7 Å². The number of benzene rings is 1. The molecule has 5 nitrogen and oxygen atoms in total. The first-order valence-electron chi connectivity index (χ1n) is 10.1. The molecule has 1 fully saturated rings. The molecule has 1 N–H and O–H groups in total. The highest BCUT2D eigenvalue weighted by molar-refractivity contribution is 6.08. The Hall–Kier alpha value is -2.43. The summed E-state index contributed by atoms with van der Waals surface area (Å²) in [5.74, 6) is -1.04. The molecule has 3 amide bonds. The molecular formula is C23H30N2O3. The molecule has 0 spiro atoms. The summed E-state index contributed by atoms with van der Waals surface area (Å²) in [5, 5.41) is 2.96. The average molecular weight is 383 g/mol. The van der Waals surface area contributed by atoms with Crippen LogP contribution in [0.1, 0.15) is 49.8 Å². The van der Waals surface area contributed by atoms with Crippen LogP contribution < -0.4 is 5.32 Å². The highest BCUT2D eigenvalue weighted by Crippen LogP contribution is 2.37. The van der Waals surface area contributed by atoms with E-state index in [1.165, 1.54) is 10.5 Å². The van der Waals surface area contributed by atoms with Crippen LogP contribution in [-0.2, 0) is 20.9 Å². The second-order valence-corrected chi connectivity index (χ2v) is 8.50. The number of aryl methyl sites for hydroxylation is 2. The quantitative estimate of drug-likeness (QED) is 0.606. The van der Waals surface area contributed by atoms with E-state index in [1.54, 1.807) is 0 Å². The Bertz CT molecular complexity index is 786. The number of fused-ring (bicyclic) bond motifs is 1. The molecule has 0 radical (unpaired) electrons. The molecule has 3 atom stereocenters. The van der Waals surface area contributed by atoms with E-state index in [4.69, 9.17) is 0 Å². The van der Waals surface area contributed by atoms with Gasteiger partial charge in [-0.2, -0.15) is 0 Å². The molecule has 5 heteroatoms. The van der Waals surface area contributed by atoms with Crippen LogP contribution in [0, 0.1) is 31.6 Å². The third-order valence-electron chi connectivity index (χ3n) is 5.80. The Balaban J connectivity index is 1.77. The van der Waals surface area contributed by atoms with Gasteiger partial charge < -0.3 is 5.32 Å². The third kappa shape index (κ3) is 4.03. The Morgan fingerprint density at radius 3 is 2.25 bits per heavy atom. The largest absolute Gasteiger partial charge is 0.350 e. The lowest BCUT2D eigenvalue weighted by Gasteiger charge is -2.27. The number of imide groups is 1. The van der Waals surface area contributed by atoms with Gasteiger partial charge in [-0.15, -0.1) is 0 Å². The molecule has 1 saturated heterocycles. The molecular weight excluding hydrogens is 352 g/mol. The number of likely N-dealkylation sites (tertiary alicyclic amines) is 1. The van der Waals surface area contributed by atoms with E-state index in [1.807, 2.05) is 52.0 Å². The molecule has 1 aromatic carbocycles. The summed E-state index contributed by atoms with van der Waals surface area (Å²) in [4.78, 5) is 40.2. The van der Waals surface area contributed by atoms with Crippen molar-refractivity contribution in [3.8, 4) is 0 Å². The van der Waals surface area contributed by atoms with Crippen molar-refractivity contribution < 1.29 is 14.4 Å². The number of nitrogens with zero attached hydrogens (tertiary/aromatic N) is 1. The lowest BCUT2D eigenvalue weighted by molar-refractivity contribution is -0.148. The van der Waals surface area contributed by atoms with Crippen LogP contribution in [0.3, 0.4) is 0 Å². The van der Waals surface area contributed by atoms with Crippen LogP contribution in [0.2, 0.25) is 0 Å². The number of amides is 3. The van der Waals surface area contributed by atoms with E-state index in [-0.39, 0.29) is 35.5 Å². The first kappa shape index (κ1) is 20.3. The van der Waals surface area contributed by atoms with Gasteiger partial charge in [-0.3, -0.25) is 19.3 Å². The van der Waals surface area contributed by atoms with Gasteiger partial charge in [-0.1, -0.05) is 49.8 Å². The van der Waals surface area contributed by atoms with Crippen molar-refractivity contribution in [2.75, 3.05) is 0 Å². The Morgan fingerprint density at radius 1 is 1.11 bits per heavy atom. The zero-order valence-electron chi connectivity index (χ0n) is 17.2. The van der Waals surface area contributed by atoms with Crippen molar-refractivity contribution in [1.82, 2.24) is 10.2 Å². The van der Waals surface area contributed by atoms with E-state index in [9.17, 15) is 14.4 Å². The molecule has 150 valence electrons.